The molecule has 0 aromatic carbocycles. The Labute approximate surface area is 87.0 Å². The van der Waals surface area contributed by atoms with Gasteiger partial charge in [-0.3, -0.25) is 4.79 Å². The highest BCUT2D eigenvalue weighted by Crippen LogP contribution is 2.09. The van der Waals surface area contributed by atoms with Crippen molar-refractivity contribution in [2.24, 2.45) is 11.7 Å². The Morgan fingerprint density at radius 2 is 2.21 bits per heavy atom. The lowest BCUT2D eigenvalue weighted by Gasteiger charge is -2.16. The quantitative estimate of drug-likeness (QED) is 0.628. The van der Waals surface area contributed by atoms with Crippen molar-refractivity contribution in [2.75, 3.05) is 20.1 Å². The van der Waals surface area contributed by atoms with Gasteiger partial charge in [0.2, 0.25) is 5.91 Å². The van der Waals surface area contributed by atoms with Gasteiger partial charge in [-0.15, -0.1) is 6.58 Å². The van der Waals surface area contributed by atoms with Gasteiger partial charge in [0.1, 0.15) is 0 Å². The maximum absolute atomic E-state index is 11.5. The minimum atomic E-state index is 0.189. The van der Waals surface area contributed by atoms with Crippen LogP contribution in [0.3, 0.4) is 0 Å². The predicted octanol–water partition coefficient (Wildman–Crippen LogP) is 1.40. The van der Waals surface area contributed by atoms with Gasteiger partial charge in [0, 0.05) is 20.0 Å². The first-order valence-corrected chi connectivity index (χ1v) is 5.16. The molecule has 1 atom stereocenters. The fourth-order valence-corrected chi connectivity index (χ4v) is 1.29. The molecule has 14 heavy (non-hydrogen) atoms. The van der Waals surface area contributed by atoms with Crippen molar-refractivity contribution in [1.29, 1.82) is 0 Å². The molecule has 0 aliphatic rings. The molecule has 0 bridgehead atoms. The van der Waals surface area contributed by atoms with E-state index in [9.17, 15) is 4.79 Å². The summed E-state index contributed by atoms with van der Waals surface area (Å²) < 4.78 is 0. The number of nitrogens with zero attached hydrogens (tertiary/aromatic N) is 1. The van der Waals surface area contributed by atoms with E-state index in [1.165, 1.54) is 0 Å². The van der Waals surface area contributed by atoms with Gasteiger partial charge in [0.05, 0.1) is 0 Å². The second-order valence-corrected chi connectivity index (χ2v) is 3.78. The van der Waals surface area contributed by atoms with Crippen LogP contribution in [0.5, 0.6) is 0 Å². The normalized spacial score (nSPS) is 12.2. The number of likely N-dealkylation sites (N-methyl/N-ethyl adjacent to an activating group) is 1. The highest BCUT2D eigenvalue weighted by atomic mass is 16.2. The summed E-state index contributed by atoms with van der Waals surface area (Å²) in [5.41, 5.74) is 5.43. The fraction of sp³-hybridized carbons (Fsp3) is 0.727. The van der Waals surface area contributed by atoms with Crippen LogP contribution < -0.4 is 5.73 Å². The van der Waals surface area contributed by atoms with Gasteiger partial charge in [0.25, 0.3) is 0 Å². The summed E-state index contributed by atoms with van der Waals surface area (Å²) in [5, 5.41) is 0. The minimum Gasteiger partial charge on any atom is -0.342 e. The van der Waals surface area contributed by atoms with Crippen molar-refractivity contribution in [2.45, 2.75) is 26.2 Å². The van der Waals surface area contributed by atoms with E-state index in [2.05, 4.69) is 13.5 Å². The van der Waals surface area contributed by atoms with Gasteiger partial charge < -0.3 is 10.6 Å². The molecule has 1 amide bonds. The lowest BCUT2D eigenvalue weighted by Crippen LogP contribution is -2.26. The topological polar surface area (TPSA) is 46.3 Å². The molecule has 0 aliphatic heterocycles. The number of amides is 1. The maximum Gasteiger partial charge on any atom is 0.222 e. The molecular weight excluding hydrogens is 176 g/mol. The van der Waals surface area contributed by atoms with E-state index < -0.39 is 0 Å². The number of nitrogens with two attached hydrogens (primary N) is 1. The third kappa shape index (κ3) is 5.75. The molecule has 2 N–H and O–H groups in total. The Balaban J connectivity index is 3.66. The fourth-order valence-electron chi connectivity index (χ4n) is 1.29. The van der Waals surface area contributed by atoms with Crippen LogP contribution >= 0.6 is 0 Å². The third-order valence-corrected chi connectivity index (χ3v) is 2.34. The first-order valence-electron chi connectivity index (χ1n) is 5.16. The lowest BCUT2D eigenvalue weighted by atomic mass is 10.0. The van der Waals surface area contributed by atoms with Gasteiger partial charge in [-0.2, -0.15) is 0 Å². The van der Waals surface area contributed by atoms with Gasteiger partial charge in [-0.1, -0.05) is 13.0 Å². The molecule has 0 heterocycles. The van der Waals surface area contributed by atoms with Gasteiger partial charge >= 0.3 is 0 Å². The van der Waals surface area contributed by atoms with Gasteiger partial charge in [-0.25, -0.2) is 0 Å². The summed E-state index contributed by atoms with van der Waals surface area (Å²) in [7, 11) is 1.80. The molecule has 0 radical (unpaired) electrons. The number of rotatable bonds is 7. The first-order chi connectivity index (χ1) is 6.61. The predicted molar refractivity (Wildman–Crippen MR) is 59.9 cm³/mol. The Bertz CT molecular complexity index is 180. The molecule has 0 spiro atoms. The molecular formula is C11H22N2O. The first kappa shape index (κ1) is 13.2. The van der Waals surface area contributed by atoms with Crippen molar-refractivity contribution in [3.63, 3.8) is 0 Å². The molecule has 82 valence electrons. The van der Waals surface area contributed by atoms with E-state index >= 15 is 0 Å². The Kier molecular flexibility index (Phi) is 7.11. The van der Waals surface area contributed by atoms with Gasteiger partial charge in [0.15, 0.2) is 0 Å². The van der Waals surface area contributed by atoms with E-state index in [1.807, 2.05) is 0 Å². The second-order valence-electron chi connectivity index (χ2n) is 3.78. The minimum absolute atomic E-state index is 0.189. The highest BCUT2D eigenvalue weighted by molar-refractivity contribution is 5.75. The van der Waals surface area contributed by atoms with Gasteiger partial charge in [-0.05, 0) is 25.3 Å². The monoisotopic (exact) mass is 198 g/mol. The van der Waals surface area contributed by atoms with Crippen LogP contribution in [0.15, 0.2) is 12.7 Å². The van der Waals surface area contributed by atoms with E-state index in [4.69, 9.17) is 5.73 Å². The zero-order valence-corrected chi connectivity index (χ0v) is 9.33. The van der Waals surface area contributed by atoms with Crippen LogP contribution in [0, 0.1) is 5.92 Å². The number of hydrogen-bond acceptors (Lipinski definition) is 2. The van der Waals surface area contributed by atoms with Crippen LogP contribution in [0.25, 0.3) is 0 Å². The Hall–Kier alpha value is -0.830. The summed E-state index contributed by atoms with van der Waals surface area (Å²) in [4.78, 5) is 13.2. The van der Waals surface area contributed by atoms with E-state index in [-0.39, 0.29) is 5.91 Å². The summed E-state index contributed by atoms with van der Waals surface area (Å²) in [6.45, 7) is 7.07. The summed E-state index contributed by atoms with van der Waals surface area (Å²) in [6, 6.07) is 0. The van der Waals surface area contributed by atoms with Crippen LogP contribution in [-0.4, -0.2) is 30.9 Å². The standard InChI is InChI=1S/C11H22N2O/c1-4-9-13(3)11(14)6-5-10(2)7-8-12/h4,10H,1,5-9,12H2,2-3H3. The summed E-state index contributed by atoms with van der Waals surface area (Å²) >= 11 is 0. The highest BCUT2D eigenvalue weighted by Gasteiger charge is 2.09. The molecule has 0 saturated carbocycles. The van der Waals surface area contributed by atoms with Crippen molar-refractivity contribution >= 4 is 5.91 Å². The molecule has 0 aliphatic carbocycles. The molecule has 0 fully saturated rings. The molecule has 0 aromatic rings. The van der Waals surface area contributed by atoms with E-state index in [0.717, 1.165) is 12.8 Å². The number of carbonyl (C=O) groups excluding carboxylic acids is 1. The average Bonchev–Trinajstić information content (AvgIpc) is 2.15. The molecule has 3 nitrogen and oxygen atoms in total. The average molecular weight is 198 g/mol. The number of carbonyl (C=O) groups is 1. The third-order valence-electron chi connectivity index (χ3n) is 2.34. The smallest absolute Gasteiger partial charge is 0.222 e. The molecule has 1 unspecified atom stereocenters. The Morgan fingerprint density at radius 3 is 2.71 bits per heavy atom. The second kappa shape index (κ2) is 7.56. The maximum atomic E-state index is 11.5. The molecule has 3 heteroatoms. The zero-order chi connectivity index (χ0) is 11.0. The van der Waals surface area contributed by atoms with Crippen molar-refractivity contribution in [3.8, 4) is 0 Å². The van der Waals surface area contributed by atoms with Crippen molar-refractivity contribution in [3.05, 3.63) is 12.7 Å². The van der Waals surface area contributed by atoms with E-state index in [1.54, 1.807) is 18.0 Å². The Morgan fingerprint density at radius 1 is 1.57 bits per heavy atom. The molecule has 0 rings (SSSR count). The SMILES string of the molecule is C=CCN(C)C(=O)CCC(C)CCN. The molecule has 0 aromatic heterocycles. The van der Waals surface area contributed by atoms with Crippen LogP contribution in [0.4, 0.5) is 0 Å². The lowest BCUT2D eigenvalue weighted by molar-refractivity contribution is -0.129. The molecule has 0 saturated heterocycles. The van der Waals surface area contributed by atoms with Crippen LogP contribution in [0.2, 0.25) is 0 Å². The zero-order valence-electron chi connectivity index (χ0n) is 9.33. The number of hydrogen-bond donors (Lipinski definition) is 1. The van der Waals surface area contributed by atoms with Crippen molar-refractivity contribution in [1.82, 2.24) is 4.90 Å². The van der Waals surface area contributed by atoms with E-state index in [0.29, 0.717) is 25.4 Å². The van der Waals surface area contributed by atoms with Crippen LogP contribution in [-0.2, 0) is 4.79 Å². The summed E-state index contributed by atoms with van der Waals surface area (Å²) in [5.74, 6) is 0.731. The summed E-state index contributed by atoms with van der Waals surface area (Å²) in [6.07, 6.45) is 4.28. The van der Waals surface area contributed by atoms with Crippen molar-refractivity contribution < 1.29 is 4.79 Å². The largest absolute Gasteiger partial charge is 0.342 e. The van der Waals surface area contributed by atoms with Crippen LogP contribution in [0.1, 0.15) is 26.2 Å².